The van der Waals surface area contributed by atoms with Gasteiger partial charge in [-0.1, -0.05) is 59.1 Å². The molecule has 0 aromatic heterocycles. The molecule has 5 nitrogen and oxygen atoms in total. The molecule has 7 heteroatoms. The molecule has 1 heterocycles. The molecule has 2 aromatic carbocycles. The van der Waals surface area contributed by atoms with E-state index in [4.69, 9.17) is 27.9 Å². The second-order valence-corrected chi connectivity index (χ2v) is 7.09. The van der Waals surface area contributed by atoms with E-state index in [1.54, 1.807) is 25.1 Å². The number of amides is 3. The number of ether oxygens (including phenoxy) is 1. The zero-order valence-electron chi connectivity index (χ0n) is 14.4. The standard InChI is InChI=1S/C19H18Cl2N2O3/c1-12-6-8-13(9-7-12)19(2)17(24)23(18(25)22-19)10-11-26-16-14(20)4-3-5-15(16)21/h3-9H,10-11H2,1-2H3,(H,22,25)/t19-/m0/s1. The van der Waals surface area contributed by atoms with Gasteiger partial charge in [-0.3, -0.25) is 9.69 Å². The summed E-state index contributed by atoms with van der Waals surface area (Å²) >= 11 is 12.1. The summed E-state index contributed by atoms with van der Waals surface area (Å²) < 4.78 is 5.58. The molecule has 3 rings (SSSR count). The van der Waals surface area contributed by atoms with Gasteiger partial charge in [-0.05, 0) is 31.5 Å². The Bertz CT molecular complexity index is 834. The van der Waals surface area contributed by atoms with E-state index in [-0.39, 0.29) is 19.1 Å². The summed E-state index contributed by atoms with van der Waals surface area (Å²) in [7, 11) is 0. The molecule has 1 fully saturated rings. The van der Waals surface area contributed by atoms with Crippen LogP contribution in [0.2, 0.25) is 10.0 Å². The van der Waals surface area contributed by atoms with Crippen LogP contribution in [0.1, 0.15) is 18.1 Å². The summed E-state index contributed by atoms with van der Waals surface area (Å²) in [4.78, 5) is 26.3. The molecule has 26 heavy (non-hydrogen) atoms. The molecule has 0 saturated carbocycles. The lowest BCUT2D eigenvalue weighted by molar-refractivity contribution is -0.131. The first-order chi connectivity index (χ1) is 12.3. The third-order valence-corrected chi connectivity index (χ3v) is 4.98. The molecule has 1 N–H and O–H groups in total. The Kier molecular flexibility index (Phi) is 5.12. The van der Waals surface area contributed by atoms with Gasteiger partial charge in [0, 0.05) is 0 Å². The minimum Gasteiger partial charge on any atom is -0.489 e. The van der Waals surface area contributed by atoms with Gasteiger partial charge in [-0.2, -0.15) is 0 Å². The van der Waals surface area contributed by atoms with Crippen LogP contribution in [0.25, 0.3) is 0 Å². The minimum absolute atomic E-state index is 0.0899. The third-order valence-electron chi connectivity index (χ3n) is 4.38. The average Bonchev–Trinajstić information content (AvgIpc) is 2.81. The zero-order chi connectivity index (χ0) is 18.9. The van der Waals surface area contributed by atoms with Crippen molar-refractivity contribution in [3.05, 3.63) is 63.6 Å². The number of urea groups is 1. The quantitative estimate of drug-likeness (QED) is 0.777. The topological polar surface area (TPSA) is 58.6 Å². The molecule has 1 aliphatic heterocycles. The monoisotopic (exact) mass is 392 g/mol. The molecule has 0 unspecified atom stereocenters. The van der Waals surface area contributed by atoms with Crippen molar-refractivity contribution in [2.75, 3.05) is 13.2 Å². The Labute approximate surface area is 161 Å². The number of rotatable bonds is 5. The Morgan fingerprint density at radius 3 is 2.31 bits per heavy atom. The van der Waals surface area contributed by atoms with Crippen LogP contribution < -0.4 is 10.1 Å². The molecule has 1 aliphatic rings. The minimum atomic E-state index is -1.09. The molecule has 0 aliphatic carbocycles. The van der Waals surface area contributed by atoms with Gasteiger partial charge in [0.05, 0.1) is 16.6 Å². The molecule has 2 aromatic rings. The van der Waals surface area contributed by atoms with Crippen molar-refractivity contribution in [3.63, 3.8) is 0 Å². The SMILES string of the molecule is Cc1ccc([C@]2(C)NC(=O)N(CCOc3c(Cl)cccc3Cl)C2=O)cc1. The summed E-state index contributed by atoms with van der Waals surface area (Å²) in [6.45, 7) is 3.84. The predicted molar refractivity (Wildman–Crippen MR) is 101 cm³/mol. The number of imide groups is 1. The smallest absolute Gasteiger partial charge is 0.325 e. The number of aryl methyl sites for hydroxylation is 1. The zero-order valence-corrected chi connectivity index (χ0v) is 15.9. The number of benzene rings is 2. The number of halogens is 2. The van der Waals surface area contributed by atoms with E-state index < -0.39 is 11.6 Å². The number of carbonyl (C=O) groups is 2. The Morgan fingerprint density at radius 2 is 1.69 bits per heavy atom. The molecule has 0 bridgehead atoms. The summed E-state index contributed by atoms with van der Waals surface area (Å²) in [5, 5.41) is 3.52. The van der Waals surface area contributed by atoms with Crippen LogP contribution in [-0.4, -0.2) is 30.0 Å². The maximum atomic E-state index is 12.8. The molecule has 136 valence electrons. The highest BCUT2D eigenvalue weighted by Gasteiger charge is 2.48. The first-order valence-electron chi connectivity index (χ1n) is 8.11. The lowest BCUT2D eigenvalue weighted by atomic mass is 9.91. The number of nitrogens with one attached hydrogen (secondary N) is 1. The van der Waals surface area contributed by atoms with E-state index in [9.17, 15) is 9.59 Å². The third kappa shape index (κ3) is 3.37. The highest BCUT2D eigenvalue weighted by atomic mass is 35.5. The van der Waals surface area contributed by atoms with Crippen molar-refractivity contribution < 1.29 is 14.3 Å². The second-order valence-electron chi connectivity index (χ2n) is 6.28. The van der Waals surface area contributed by atoms with Crippen LogP contribution in [-0.2, 0) is 10.3 Å². The van der Waals surface area contributed by atoms with Crippen molar-refractivity contribution in [2.45, 2.75) is 19.4 Å². The van der Waals surface area contributed by atoms with Crippen LogP contribution in [0.15, 0.2) is 42.5 Å². The molecule has 0 spiro atoms. The molecular weight excluding hydrogens is 375 g/mol. The van der Waals surface area contributed by atoms with Crippen molar-refractivity contribution >= 4 is 35.1 Å². The normalized spacial score (nSPS) is 19.6. The summed E-state index contributed by atoms with van der Waals surface area (Å²) in [6, 6.07) is 12.1. The first kappa shape index (κ1) is 18.5. The summed E-state index contributed by atoms with van der Waals surface area (Å²) in [5.74, 6) is 0.0180. The number of nitrogens with zero attached hydrogens (tertiary/aromatic N) is 1. The number of hydrogen-bond acceptors (Lipinski definition) is 3. The first-order valence-corrected chi connectivity index (χ1v) is 8.86. The lowest BCUT2D eigenvalue weighted by Crippen LogP contribution is -2.41. The van der Waals surface area contributed by atoms with Crippen molar-refractivity contribution in [1.29, 1.82) is 0 Å². The van der Waals surface area contributed by atoms with Crippen LogP contribution in [0.4, 0.5) is 4.79 Å². The fourth-order valence-electron chi connectivity index (χ4n) is 2.84. The molecule has 3 amide bonds. The molecule has 1 atom stereocenters. The van der Waals surface area contributed by atoms with Crippen LogP contribution in [0.5, 0.6) is 5.75 Å². The van der Waals surface area contributed by atoms with Gasteiger partial charge in [0.1, 0.15) is 12.1 Å². The van der Waals surface area contributed by atoms with Crippen LogP contribution >= 0.6 is 23.2 Å². The highest BCUT2D eigenvalue weighted by molar-refractivity contribution is 6.37. The van der Waals surface area contributed by atoms with Gasteiger partial charge in [0.2, 0.25) is 0 Å². The van der Waals surface area contributed by atoms with Crippen LogP contribution in [0.3, 0.4) is 0 Å². The molecule has 1 saturated heterocycles. The van der Waals surface area contributed by atoms with Gasteiger partial charge in [0.15, 0.2) is 5.75 Å². The number of hydrogen-bond donors (Lipinski definition) is 1. The number of para-hydroxylation sites is 1. The van der Waals surface area contributed by atoms with Gasteiger partial charge in [-0.25, -0.2) is 4.79 Å². The second kappa shape index (κ2) is 7.17. The Morgan fingerprint density at radius 1 is 1.08 bits per heavy atom. The maximum absolute atomic E-state index is 12.8. The largest absolute Gasteiger partial charge is 0.489 e. The van der Waals surface area contributed by atoms with E-state index in [0.29, 0.717) is 15.8 Å². The van der Waals surface area contributed by atoms with Crippen molar-refractivity contribution in [3.8, 4) is 5.75 Å². The van der Waals surface area contributed by atoms with E-state index in [2.05, 4.69) is 5.32 Å². The lowest BCUT2D eigenvalue weighted by Gasteiger charge is -2.22. The van der Waals surface area contributed by atoms with Gasteiger partial charge in [0.25, 0.3) is 5.91 Å². The molecular formula is C19H18Cl2N2O3. The number of carbonyl (C=O) groups excluding carboxylic acids is 2. The van der Waals surface area contributed by atoms with Gasteiger partial charge < -0.3 is 10.1 Å². The van der Waals surface area contributed by atoms with E-state index in [1.807, 2.05) is 31.2 Å². The summed E-state index contributed by atoms with van der Waals surface area (Å²) in [6.07, 6.45) is 0. The van der Waals surface area contributed by atoms with Crippen LogP contribution in [0, 0.1) is 6.92 Å². The maximum Gasteiger partial charge on any atom is 0.325 e. The predicted octanol–water partition coefficient (Wildman–Crippen LogP) is 4.15. The fraction of sp³-hybridized carbons (Fsp3) is 0.263. The van der Waals surface area contributed by atoms with Gasteiger partial charge >= 0.3 is 6.03 Å². The van der Waals surface area contributed by atoms with E-state index in [0.717, 1.165) is 16.0 Å². The van der Waals surface area contributed by atoms with E-state index in [1.165, 1.54) is 0 Å². The van der Waals surface area contributed by atoms with Crippen molar-refractivity contribution in [1.82, 2.24) is 10.2 Å². The molecule has 0 radical (unpaired) electrons. The summed E-state index contributed by atoms with van der Waals surface area (Å²) in [5.41, 5.74) is 0.724. The van der Waals surface area contributed by atoms with Gasteiger partial charge in [-0.15, -0.1) is 0 Å². The Balaban J connectivity index is 1.70. The van der Waals surface area contributed by atoms with E-state index >= 15 is 0 Å². The van der Waals surface area contributed by atoms with Crippen molar-refractivity contribution in [2.24, 2.45) is 0 Å². The fourth-order valence-corrected chi connectivity index (χ4v) is 3.35. The Hall–Kier alpha value is -2.24. The highest BCUT2D eigenvalue weighted by Crippen LogP contribution is 2.33. The average molecular weight is 393 g/mol.